The molecule has 0 spiro atoms. The summed E-state index contributed by atoms with van der Waals surface area (Å²) in [5, 5.41) is 4.40. The topological polar surface area (TPSA) is 106 Å². The summed E-state index contributed by atoms with van der Waals surface area (Å²) in [5.74, 6) is 0.526. The van der Waals surface area contributed by atoms with Crippen LogP contribution in [0.2, 0.25) is 5.02 Å². The highest BCUT2D eigenvalue weighted by Gasteiger charge is 2.16. The first kappa shape index (κ1) is 23.1. The second kappa shape index (κ2) is 10.2. The minimum Gasteiger partial charge on any atom is -0.493 e. The molecule has 0 saturated heterocycles. The molecule has 32 heavy (non-hydrogen) atoms. The number of nitrogens with zero attached hydrogens (tertiary/aromatic N) is 1. The first-order valence-corrected chi connectivity index (χ1v) is 11.1. The van der Waals surface area contributed by atoms with Gasteiger partial charge in [0.25, 0.3) is 15.9 Å². The molecule has 0 atom stereocenters. The van der Waals surface area contributed by atoms with Gasteiger partial charge in [0, 0.05) is 16.3 Å². The second-order valence-corrected chi connectivity index (χ2v) is 8.57. The van der Waals surface area contributed by atoms with Crippen molar-refractivity contribution in [1.29, 1.82) is 0 Å². The largest absolute Gasteiger partial charge is 0.493 e. The molecule has 0 aromatic heterocycles. The van der Waals surface area contributed by atoms with Crippen molar-refractivity contribution in [3.63, 3.8) is 0 Å². The Morgan fingerprint density at radius 3 is 2.38 bits per heavy atom. The molecule has 0 aliphatic carbocycles. The van der Waals surface area contributed by atoms with Gasteiger partial charge < -0.3 is 9.47 Å². The van der Waals surface area contributed by atoms with E-state index in [1.807, 2.05) is 0 Å². The summed E-state index contributed by atoms with van der Waals surface area (Å²) >= 11 is 5.82. The predicted octanol–water partition coefficient (Wildman–Crippen LogP) is 3.92. The molecule has 10 heteroatoms. The van der Waals surface area contributed by atoms with E-state index in [0.29, 0.717) is 27.8 Å². The van der Waals surface area contributed by atoms with E-state index >= 15 is 0 Å². The lowest BCUT2D eigenvalue weighted by Crippen LogP contribution is -2.19. The summed E-state index contributed by atoms with van der Waals surface area (Å²) < 4.78 is 38.1. The molecular weight excluding hydrogens is 454 g/mol. The Morgan fingerprint density at radius 1 is 0.969 bits per heavy atom. The van der Waals surface area contributed by atoms with Crippen LogP contribution in [0.1, 0.15) is 15.9 Å². The summed E-state index contributed by atoms with van der Waals surface area (Å²) in [7, 11) is -0.847. The van der Waals surface area contributed by atoms with Gasteiger partial charge in [-0.25, -0.2) is 13.8 Å². The Hall–Kier alpha value is -3.56. The lowest BCUT2D eigenvalue weighted by Gasteiger charge is -2.09. The number of benzene rings is 3. The number of ether oxygens (including phenoxy) is 2. The van der Waals surface area contributed by atoms with Crippen molar-refractivity contribution < 1.29 is 22.7 Å². The summed E-state index contributed by atoms with van der Waals surface area (Å²) in [6, 6.07) is 17.0. The number of halogens is 1. The maximum Gasteiger partial charge on any atom is 0.271 e. The van der Waals surface area contributed by atoms with E-state index in [-0.39, 0.29) is 10.5 Å². The van der Waals surface area contributed by atoms with Gasteiger partial charge in [-0.3, -0.25) is 9.52 Å². The Labute approximate surface area is 190 Å². The Bertz CT molecular complexity index is 1240. The van der Waals surface area contributed by atoms with E-state index in [9.17, 15) is 13.2 Å². The molecule has 2 N–H and O–H groups in total. The molecule has 3 rings (SSSR count). The van der Waals surface area contributed by atoms with Crippen molar-refractivity contribution in [1.82, 2.24) is 5.43 Å². The van der Waals surface area contributed by atoms with Crippen LogP contribution < -0.4 is 19.6 Å². The van der Waals surface area contributed by atoms with Crippen molar-refractivity contribution in [3.05, 3.63) is 82.9 Å². The summed E-state index contributed by atoms with van der Waals surface area (Å²) in [6.45, 7) is 0. The number of anilines is 1. The number of carbonyl (C=O) groups is 1. The molecule has 3 aromatic carbocycles. The third-order valence-corrected chi connectivity index (χ3v) is 5.92. The summed E-state index contributed by atoms with van der Waals surface area (Å²) in [5.41, 5.74) is 3.53. The van der Waals surface area contributed by atoms with Crippen LogP contribution in [0.5, 0.6) is 11.5 Å². The molecule has 1 amide bonds. The summed E-state index contributed by atoms with van der Waals surface area (Å²) in [6.07, 6.45) is 1.43. The van der Waals surface area contributed by atoms with Gasteiger partial charge in [0.15, 0.2) is 11.5 Å². The molecule has 166 valence electrons. The number of rotatable bonds is 8. The van der Waals surface area contributed by atoms with Gasteiger partial charge in [-0.15, -0.1) is 0 Å². The fraction of sp³-hybridized carbons (Fsp3) is 0.0909. The van der Waals surface area contributed by atoms with Crippen LogP contribution in [0.4, 0.5) is 5.69 Å². The first-order valence-electron chi connectivity index (χ1n) is 9.26. The predicted molar refractivity (Wildman–Crippen MR) is 123 cm³/mol. The lowest BCUT2D eigenvalue weighted by atomic mass is 10.2. The molecule has 0 fully saturated rings. The fourth-order valence-corrected chi connectivity index (χ4v) is 3.93. The van der Waals surface area contributed by atoms with Crippen LogP contribution in [-0.4, -0.2) is 34.8 Å². The lowest BCUT2D eigenvalue weighted by molar-refractivity contribution is 0.0955. The van der Waals surface area contributed by atoms with Crippen LogP contribution >= 0.6 is 11.6 Å². The molecule has 8 nitrogen and oxygen atoms in total. The van der Waals surface area contributed by atoms with Gasteiger partial charge in [0.05, 0.1) is 25.3 Å². The van der Waals surface area contributed by atoms with Crippen molar-refractivity contribution >= 4 is 39.4 Å². The Kier molecular flexibility index (Phi) is 7.34. The first-order chi connectivity index (χ1) is 15.3. The number of methoxy groups -OCH3 is 2. The van der Waals surface area contributed by atoms with Gasteiger partial charge >= 0.3 is 0 Å². The average molecular weight is 474 g/mol. The van der Waals surface area contributed by atoms with Gasteiger partial charge in [0.2, 0.25) is 0 Å². The van der Waals surface area contributed by atoms with E-state index in [1.54, 1.807) is 42.5 Å². The Balaban J connectivity index is 1.71. The van der Waals surface area contributed by atoms with Crippen LogP contribution in [0.15, 0.2) is 76.7 Å². The number of sulfonamides is 1. The fourth-order valence-electron chi connectivity index (χ4n) is 2.70. The minimum absolute atomic E-state index is 0.0658. The van der Waals surface area contributed by atoms with Crippen LogP contribution in [0, 0.1) is 0 Å². The van der Waals surface area contributed by atoms with Crippen LogP contribution in [0.25, 0.3) is 0 Å². The SMILES string of the molecule is COc1ccc(C=NNC(=O)c2cccc(S(=O)(=O)Nc3ccc(Cl)cc3)c2)cc1OC. The third kappa shape index (κ3) is 5.77. The number of nitrogens with one attached hydrogen (secondary N) is 2. The van der Waals surface area contributed by atoms with Crippen molar-refractivity contribution in [3.8, 4) is 11.5 Å². The normalized spacial score (nSPS) is 11.2. The standard InChI is InChI=1S/C22H20ClN3O5S/c1-30-20-11-6-15(12-21(20)31-2)14-24-25-22(27)16-4-3-5-19(13-16)32(28,29)26-18-9-7-17(23)8-10-18/h3-14,26H,1-2H3,(H,25,27). The summed E-state index contributed by atoms with van der Waals surface area (Å²) in [4.78, 5) is 12.4. The van der Waals surface area contributed by atoms with Gasteiger partial charge in [-0.2, -0.15) is 5.10 Å². The third-order valence-electron chi connectivity index (χ3n) is 4.29. The molecule has 0 aliphatic heterocycles. The van der Waals surface area contributed by atoms with E-state index in [2.05, 4.69) is 15.2 Å². The molecule has 0 heterocycles. The highest BCUT2D eigenvalue weighted by atomic mass is 35.5. The molecule has 0 unspecified atom stereocenters. The quantitative estimate of drug-likeness (QED) is 0.381. The van der Waals surface area contributed by atoms with E-state index in [4.69, 9.17) is 21.1 Å². The van der Waals surface area contributed by atoms with Gasteiger partial charge in [-0.1, -0.05) is 17.7 Å². The average Bonchev–Trinajstić information content (AvgIpc) is 2.80. The monoisotopic (exact) mass is 473 g/mol. The van der Waals surface area contributed by atoms with Gasteiger partial charge in [-0.05, 0) is 66.2 Å². The maximum atomic E-state index is 12.6. The highest BCUT2D eigenvalue weighted by Crippen LogP contribution is 2.26. The zero-order chi connectivity index (χ0) is 23.1. The van der Waals surface area contributed by atoms with Crippen molar-refractivity contribution in [2.24, 2.45) is 5.10 Å². The molecular formula is C22H20ClN3O5S. The molecule has 3 aromatic rings. The number of amides is 1. The smallest absolute Gasteiger partial charge is 0.271 e. The molecule has 0 radical (unpaired) electrons. The highest BCUT2D eigenvalue weighted by molar-refractivity contribution is 7.92. The van der Waals surface area contributed by atoms with Gasteiger partial charge in [0.1, 0.15) is 0 Å². The molecule has 0 aliphatic rings. The number of hydrogen-bond donors (Lipinski definition) is 2. The van der Waals surface area contributed by atoms with Crippen LogP contribution in [-0.2, 0) is 10.0 Å². The van der Waals surface area contributed by atoms with Crippen molar-refractivity contribution in [2.75, 3.05) is 18.9 Å². The number of hydrogen-bond acceptors (Lipinski definition) is 6. The van der Waals surface area contributed by atoms with Crippen molar-refractivity contribution in [2.45, 2.75) is 4.90 Å². The van der Waals surface area contributed by atoms with E-state index < -0.39 is 15.9 Å². The number of carbonyl (C=O) groups excluding carboxylic acids is 1. The van der Waals surface area contributed by atoms with E-state index in [0.717, 1.165) is 0 Å². The number of hydrazone groups is 1. The van der Waals surface area contributed by atoms with E-state index in [1.165, 1.54) is 44.7 Å². The zero-order valence-electron chi connectivity index (χ0n) is 17.2. The Morgan fingerprint density at radius 2 is 1.69 bits per heavy atom. The van der Waals surface area contributed by atoms with Crippen LogP contribution in [0.3, 0.4) is 0 Å². The molecule has 0 bridgehead atoms. The second-order valence-electron chi connectivity index (χ2n) is 6.45. The molecule has 0 saturated carbocycles. The maximum absolute atomic E-state index is 12.6. The minimum atomic E-state index is -3.90. The zero-order valence-corrected chi connectivity index (χ0v) is 18.8.